The Bertz CT molecular complexity index is 739. The largest absolute Gasteiger partial charge is 0.356 e. The first kappa shape index (κ1) is 18.6. The minimum atomic E-state index is -3.65. The summed E-state index contributed by atoms with van der Waals surface area (Å²) in [5, 5.41) is 10.0. The lowest BCUT2D eigenvalue weighted by atomic mass is 10.1. The predicted octanol–water partition coefficient (Wildman–Crippen LogP) is 2.47. The Morgan fingerprint density at radius 1 is 1.08 bits per heavy atom. The number of benzene rings is 1. The highest BCUT2D eigenvalue weighted by molar-refractivity contribution is 7.89. The Labute approximate surface area is 146 Å². The van der Waals surface area contributed by atoms with E-state index in [9.17, 15) is 13.2 Å². The van der Waals surface area contributed by atoms with Crippen LogP contribution in [0.1, 0.15) is 29.7 Å². The number of aryl methyl sites for hydroxylation is 1. The molecule has 2 rings (SSSR count). The molecule has 0 saturated heterocycles. The summed E-state index contributed by atoms with van der Waals surface area (Å²) in [6.45, 7) is 0.540. The van der Waals surface area contributed by atoms with Crippen molar-refractivity contribution in [2.75, 3.05) is 6.54 Å². The third-order valence-electron chi connectivity index (χ3n) is 3.64. The van der Waals surface area contributed by atoms with Crippen LogP contribution >= 0.6 is 11.3 Å². The molecule has 1 heterocycles. The standard InChI is InChI=1S/C17H22N2O3S2/c18-24(21,22)16-9-7-14(8-10-16)11-12-19-17(20)6-2-1-4-15-5-3-13-23-15/h3,5,7-10,13H,1-2,4,6,11-12H2,(H,19,20)(H2,18,21,22). The Morgan fingerprint density at radius 3 is 2.46 bits per heavy atom. The molecule has 0 aliphatic carbocycles. The summed E-state index contributed by atoms with van der Waals surface area (Å²) >= 11 is 1.75. The molecule has 130 valence electrons. The van der Waals surface area contributed by atoms with Crippen LogP contribution in [-0.4, -0.2) is 20.9 Å². The highest BCUT2D eigenvalue weighted by Crippen LogP contribution is 2.12. The van der Waals surface area contributed by atoms with Gasteiger partial charge in [-0.2, -0.15) is 0 Å². The Balaban J connectivity index is 1.62. The van der Waals surface area contributed by atoms with Crippen LogP contribution in [0, 0.1) is 0 Å². The first-order valence-corrected chi connectivity index (χ1v) is 10.3. The van der Waals surface area contributed by atoms with Gasteiger partial charge in [-0.3, -0.25) is 4.79 Å². The monoisotopic (exact) mass is 366 g/mol. The number of amides is 1. The van der Waals surface area contributed by atoms with Gasteiger partial charge >= 0.3 is 0 Å². The maximum atomic E-state index is 11.8. The summed E-state index contributed by atoms with van der Waals surface area (Å²) in [4.78, 5) is 13.2. The second-order valence-electron chi connectivity index (χ2n) is 5.58. The van der Waals surface area contributed by atoms with Crippen LogP contribution in [0.2, 0.25) is 0 Å². The molecule has 0 bridgehead atoms. The number of hydrogen-bond acceptors (Lipinski definition) is 4. The van der Waals surface area contributed by atoms with E-state index in [0.717, 1.165) is 24.8 Å². The molecule has 0 spiro atoms. The van der Waals surface area contributed by atoms with E-state index in [-0.39, 0.29) is 10.8 Å². The van der Waals surface area contributed by atoms with Gasteiger partial charge in [0.15, 0.2) is 0 Å². The van der Waals surface area contributed by atoms with Crippen molar-refractivity contribution in [2.24, 2.45) is 5.14 Å². The third kappa shape index (κ3) is 6.43. The van der Waals surface area contributed by atoms with Crippen LogP contribution in [0.4, 0.5) is 0 Å². The molecule has 1 amide bonds. The molecule has 2 aromatic rings. The van der Waals surface area contributed by atoms with Gasteiger partial charge in [-0.25, -0.2) is 13.6 Å². The summed E-state index contributed by atoms with van der Waals surface area (Å²) in [6.07, 6.45) is 4.12. The van der Waals surface area contributed by atoms with Crippen LogP contribution in [0.25, 0.3) is 0 Å². The van der Waals surface area contributed by atoms with Crippen molar-refractivity contribution in [3.63, 3.8) is 0 Å². The number of primary sulfonamides is 1. The Kier molecular flexibility index (Phi) is 6.96. The van der Waals surface area contributed by atoms with E-state index in [1.165, 1.54) is 17.0 Å². The van der Waals surface area contributed by atoms with Gasteiger partial charge < -0.3 is 5.32 Å². The van der Waals surface area contributed by atoms with Crippen molar-refractivity contribution in [3.05, 3.63) is 52.2 Å². The molecule has 0 fully saturated rings. The number of nitrogens with one attached hydrogen (secondary N) is 1. The molecule has 5 nitrogen and oxygen atoms in total. The van der Waals surface area contributed by atoms with Crippen LogP contribution in [-0.2, 0) is 27.7 Å². The molecule has 0 unspecified atom stereocenters. The van der Waals surface area contributed by atoms with Gasteiger partial charge in [-0.05, 0) is 54.8 Å². The fraction of sp³-hybridized carbons (Fsp3) is 0.353. The maximum absolute atomic E-state index is 11.8. The highest BCUT2D eigenvalue weighted by atomic mass is 32.2. The first-order valence-electron chi connectivity index (χ1n) is 7.86. The highest BCUT2D eigenvalue weighted by Gasteiger charge is 2.07. The number of sulfonamides is 1. The molecular weight excluding hydrogens is 344 g/mol. The van der Waals surface area contributed by atoms with Crippen LogP contribution < -0.4 is 10.5 Å². The quantitative estimate of drug-likeness (QED) is 0.668. The molecule has 1 aromatic heterocycles. The molecule has 3 N–H and O–H groups in total. The normalized spacial score (nSPS) is 11.4. The number of unbranched alkanes of at least 4 members (excludes halogenated alkanes) is 1. The van der Waals surface area contributed by atoms with Crippen LogP contribution in [0.15, 0.2) is 46.7 Å². The lowest BCUT2D eigenvalue weighted by Crippen LogP contribution is -2.25. The second kappa shape index (κ2) is 8.96. The smallest absolute Gasteiger partial charge is 0.238 e. The Morgan fingerprint density at radius 2 is 1.83 bits per heavy atom. The van der Waals surface area contributed by atoms with Crippen molar-refractivity contribution in [1.82, 2.24) is 5.32 Å². The molecule has 0 saturated carbocycles. The topological polar surface area (TPSA) is 89.3 Å². The van der Waals surface area contributed by atoms with Gasteiger partial charge in [0.25, 0.3) is 0 Å². The fourth-order valence-electron chi connectivity index (χ4n) is 2.32. The van der Waals surface area contributed by atoms with Crippen molar-refractivity contribution >= 4 is 27.3 Å². The minimum Gasteiger partial charge on any atom is -0.356 e. The number of carbonyl (C=O) groups excluding carboxylic acids is 1. The number of thiophene rings is 1. The van der Waals surface area contributed by atoms with Crippen LogP contribution in [0.3, 0.4) is 0 Å². The SMILES string of the molecule is NS(=O)(=O)c1ccc(CCNC(=O)CCCCc2cccs2)cc1. The summed E-state index contributed by atoms with van der Waals surface area (Å²) in [5.74, 6) is 0.0577. The number of hydrogen-bond donors (Lipinski definition) is 2. The van der Waals surface area contributed by atoms with Gasteiger partial charge in [-0.15, -0.1) is 11.3 Å². The van der Waals surface area contributed by atoms with E-state index in [1.807, 2.05) is 6.07 Å². The van der Waals surface area contributed by atoms with E-state index in [4.69, 9.17) is 5.14 Å². The van der Waals surface area contributed by atoms with E-state index in [0.29, 0.717) is 19.4 Å². The number of carbonyl (C=O) groups is 1. The lowest BCUT2D eigenvalue weighted by molar-refractivity contribution is -0.121. The predicted molar refractivity (Wildman–Crippen MR) is 96.4 cm³/mol. The van der Waals surface area contributed by atoms with E-state index in [2.05, 4.69) is 16.8 Å². The summed E-state index contributed by atoms with van der Waals surface area (Å²) < 4.78 is 22.3. The zero-order chi connectivity index (χ0) is 17.4. The summed E-state index contributed by atoms with van der Waals surface area (Å²) in [5.41, 5.74) is 0.959. The number of rotatable bonds is 9. The maximum Gasteiger partial charge on any atom is 0.238 e. The van der Waals surface area contributed by atoms with Gasteiger partial charge in [0.2, 0.25) is 15.9 Å². The average Bonchev–Trinajstić information content (AvgIpc) is 3.04. The molecule has 0 aliphatic rings. The van der Waals surface area contributed by atoms with Crippen molar-refractivity contribution in [2.45, 2.75) is 37.0 Å². The molecule has 1 aromatic carbocycles. The van der Waals surface area contributed by atoms with E-state index in [1.54, 1.807) is 23.5 Å². The molecule has 7 heteroatoms. The van der Waals surface area contributed by atoms with Crippen LogP contribution in [0.5, 0.6) is 0 Å². The van der Waals surface area contributed by atoms with Gasteiger partial charge in [0.1, 0.15) is 0 Å². The molecular formula is C17H22N2O3S2. The lowest BCUT2D eigenvalue weighted by Gasteiger charge is -2.06. The van der Waals surface area contributed by atoms with E-state index >= 15 is 0 Å². The van der Waals surface area contributed by atoms with Crippen molar-refractivity contribution in [1.29, 1.82) is 0 Å². The average molecular weight is 367 g/mol. The zero-order valence-corrected chi connectivity index (χ0v) is 15.0. The zero-order valence-electron chi connectivity index (χ0n) is 13.4. The fourth-order valence-corrected chi connectivity index (χ4v) is 3.59. The first-order chi connectivity index (χ1) is 11.4. The summed E-state index contributed by atoms with van der Waals surface area (Å²) in [6, 6.07) is 10.6. The second-order valence-corrected chi connectivity index (χ2v) is 8.17. The molecule has 0 radical (unpaired) electrons. The van der Waals surface area contributed by atoms with Gasteiger partial charge in [0, 0.05) is 17.8 Å². The molecule has 0 aliphatic heterocycles. The van der Waals surface area contributed by atoms with E-state index < -0.39 is 10.0 Å². The van der Waals surface area contributed by atoms with Gasteiger partial charge in [-0.1, -0.05) is 18.2 Å². The van der Waals surface area contributed by atoms with Crippen molar-refractivity contribution in [3.8, 4) is 0 Å². The third-order valence-corrected chi connectivity index (χ3v) is 5.51. The summed E-state index contributed by atoms with van der Waals surface area (Å²) in [7, 11) is -3.65. The van der Waals surface area contributed by atoms with Gasteiger partial charge in [0.05, 0.1) is 4.90 Å². The molecule has 24 heavy (non-hydrogen) atoms. The Hall–Kier alpha value is -1.70. The minimum absolute atomic E-state index is 0.0577. The molecule has 0 atom stereocenters. The number of nitrogens with two attached hydrogens (primary N) is 1. The van der Waals surface area contributed by atoms with Crippen molar-refractivity contribution < 1.29 is 13.2 Å².